The Labute approximate surface area is 139 Å². The van der Waals surface area contributed by atoms with Crippen molar-refractivity contribution in [2.45, 2.75) is 50.8 Å². The smallest absolute Gasteiger partial charge is 0.380 e. The number of carbonyl (C=O) groups excluding carboxylic acids is 1. The summed E-state index contributed by atoms with van der Waals surface area (Å²) in [6, 6.07) is 6.91. The van der Waals surface area contributed by atoms with Gasteiger partial charge in [-0.25, -0.2) is 4.79 Å². The third-order valence-electron chi connectivity index (χ3n) is 4.41. The van der Waals surface area contributed by atoms with Crippen molar-refractivity contribution in [2.24, 2.45) is 0 Å². The lowest BCUT2D eigenvalue weighted by Crippen LogP contribution is -2.55. The Morgan fingerprint density at radius 2 is 1.62 bits per heavy atom. The van der Waals surface area contributed by atoms with Gasteiger partial charge < -0.3 is 15.3 Å². The molecule has 2 amide bonds. The Kier molecular flexibility index (Phi) is 4.86. The first kappa shape index (κ1) is 18.6. The van der Waals surface area contributed by atoms with Gasteiger partial charge in [0.05, 0.1) is 0 Å². The molecule has 2 N–H and O–H groups in total. The van der Waals surface area contributed by atoms with Crippen LogP contribution in [0.1, 0.15) is 39.2 Å². The number of hydrogen-bond acceptors (Lipinski definition) is 2. The van der Waals surface area contributed by atoms with Gasteiger partial charge in [-0.2, -0.15) is 13.2 Å². The van der Waals surface area contributed by atoms with Crippen LogP contribution in [0.4, 0.5) is 23.7 Å². The molecule has 1 aliphatic rings. The molecule has 134 valence electrons. The Bertz CT molecular complexity index is 583. The van der Waals surface area contributed by atoms with Crippen LogP contribution >= 0.6 is 0 Å². The third kappa shape index (κ3) is 4.01. The molecular weight excluding hydrogens is 321 g/mol. The van der Waals surface area contributed by atoms with E-state index in [-0.39, 0.29) is 18.5 Å². The van der Waals surface area contributed by atoms with Crippen molar-refractivity contribution in [3.8, 4) is 0 Å². The van der Waals surface area contributed by atoms with Crippen LogP contribution < -0.4 is 5.32 Å². The summed E-state index contributed by atoms with van der Waals surface area (Å²) in [5, 5.41) is 12.3. The normalized spacial score (nSPS) is 18.4. The number of alkyl halides is 3. The lowest BCUT2D eigenvalue weighted by atomic mass is 9.87. The van der Waals surface area contributed by atoms with Crippen LogP contribution in [0.25, 0.3) is 0 Å². The minimum absolute atomic E-state index is 0.00252. The molecule has 24 heavy (non-hydrogen) atoms. The van der Waals surface area contributed by atoms with Crippen molar-refractivity contribution in [1.82, 2.24) is 4.90 Å². The number of urea groups is 1. The average Bonchev–Trinajstić information content (AvgIpc) is 2.46. The summed E-state index contributed by atoms with van der Waals surface area (Å²) in [7, 11) is 0. The molecule has 2 rings (SSSR count). The lowest BCUT2D eigenvalue weighted by molar-refractivity contribution is -0.271. The summed E-state index contributed by atoms with van der Waals surface area (Å²) >= 11 is 0. The minimum atomic E-state index is -4.67. The molecule has 1 aromatic carbocycles. The van der Waals surface area contributed by atoms with Gasteiger partial charge in [-0.1, -0.05) is 32.9 Å². The molecule has 1 saturated heterocycles. The summed E-state index contributed by atoms with van der Waals surface area (Å²) in [5.41, 5.74) is -0.992. The largest absolute Gasteiger partial charge is 0.417 e. The molecule has 4 nitrogen and oxygen atoms in total. The first-order chi connectivity index (χ1) is 10.9. The maximum absolute atomic E-state index is 12.8. The van der Waals surface area contributed by atoms with Gasteiger partial charge >= 0.3 is 12.2 Å². The van der Waals surface area contributed by atoms with Crippen molar-refractivity contribution < 1.29 is 23.1 Å². The fourth-order valence-electron chi connectivity index (χ4n) is 2.62. The summed E-state index contributed by atoms with van der Waals surface area (Å²) in [6.45, 7) is 5.96. The number of aliphatic hydroxyl groups is 1. The maximum atomic E-state index is 12.8. The number of halogens is 3. The highest BCUT2D eigenvalue weighted by atomic mass is 19.4. The number of carbonyl (C=O) groups is 1. The molecule has 7 heteroatoms. The number of hydrogen-bond donors (Lipinski definition) is 2. The van der Waals surface area contributed by atoms with Crippen molar-refractivity contribution in [3.05, 3.63) is 29.8 Å². The van der Waals surface area contributed by atoms with E-state index in [1.807, 2.05) is 12.1 Å². The van der Waals surface area contributed by atoms with Crippen molar-refractivity contribution in [1.29, 1.82) is 0 Å². The Morgan fingerprint density at radius 3 is 2.04 bits per heavy atom. The summed E-state index contributed by atoms with van der Waals surface area (Å²) in [4.78, 5) is 13.5. The standard InChI is InChI=1S/C17H23F3N2O2/c1-15(2,3)12-4-6-13(7-5-12)21-14(23)22-10-8-16(24,9-11-22)17(18,19)20/h4-7,24H,8-11H2,1-3H3,(H,21,23). The van der Waals surface area contributed by atoms with E-state index in [2.05, 4.69) is 26.1 Å². The van der Waals surface area contributed by atoms with E-state index >= 15 is 0 Å². The SMILES string of the molecule is CC(C)(C)c1ccc(NC(=O)N2CCC(O)(C(F)(F)F)CC2)cc1. The zero-order chi connectivity index (χ0) is 18.2. The second kappa shape index (κ2) is 6.27. The van der Waals surface area contributed by atoms with Crippen molar-refractivity contribution >= 4 is 11.7 Å². The van der Waals surface area contributed by atoms with Crippen LogP contribution in [0.3, 0.4) is 0 Å². The van der Waals surface area contributed by atoms with Crippen LogP contribution in [-0.4, -0.2) is 40.9 Å². The average molecular weight is 344 g/mol. The summed E-state index contributed by atoms with van der Waals surface area (Å²) < 4.78 is 38.3. The fourth-order valence-corrected chi connectivity index (χ4v) is 2.62. The molecule has 0 unspecified atom stereocenters. The van der Waals surface area contributed by atoms with E-state index in [0.717, 1.165) is 5.56 Å². The third-order valence-corrected chi connectivity index (χ3v) is 4.41. The Morgan fingerprint density at radius 1 is 1.12 bits per heavy atom. The molecule has 0 atom stereocenters. The lowest BCUT2D eigenvalue weighted by Gasteiger charge is -2.39. The van der Waals surface area contributed by atoms with Gasteiger partial charge in [0.15, 0.2) is 5.60 Å². The number of benzene rings is 1. The predicted molar refractivity (Wildman–Crippen MR) is 86.0 cm³/mol. The highest BCUT2D eigenvalue weighted by Crippen LogP contribution is 2.38. The van der Waals surface area contributed by atoms with Gasteiger partial charge in [0.2, 0.25) is 0 Å². The van der Waals surface area contributed by atoms with Gasteiger partial charge in [0.25, 0.3) is 0 Å². The number of rotatable bonds is 1. The van der Waals surface area contributed by atoms with Crippen LogP contribution in [0.2, 0.25) is 0 Å². The fraction of sp³-hybridized carbons (Fsp3) is 0.588. The maximum Gasteiger partial charge on any atom is 0.417 e. The first-order valence-corrected chi connectivity index (χ1v) is 7.88. The van der Waals surface area contributed by atoms with Crippen LogP contribution in [0, 0.1) is 0 Å². The van der Waals surface area contributed by atoms with E-state index < -0.39 is 30.7 Å². The molecule has 0 aromatic heterocycles. The highest BCUT2D eigenvalue weighted by molar-refractivity contribution is 5.89. The van der Waals surface area contributed by atoms with Crippen molar-refractivity contribution in [2.75, 3.05) is 18.4 Å². The molecule has 1 fully saturated rings. The van der Waals surface area contributed by atoms with Gasteiger partial charge in [0.1, 0.15) is 0 Å². The van der Waals surface area contributed by atoms with Crippen LogP contribution in [-0.2, 0) is 5.41 Å². The number of anilines is 1. The molecule has 1 heterocycles. The Balaban J connectivity index is 1.95. The quantitative estimate of drug-likeness (QED) is 0.812. The summed E-state index contributed by atoms with van der Waals surface area (Å²) in [6.07, 6.45) is -5.68. The number of nitrogens with one attached hydrogen (secondary N) is 1. The molecular formula is C17H23F3N2O2. The first-order valence-electron chi connectivity index (χ1n) is 7.88. The summed E-state index contributed by atoms with van der Waals surface area (Å²) in [5.74, 6) is 0. The number of amides is 2. The second-order valence-electron chi connectivity index (χ2n) is 7.27. The van der Waals surface area contributed by atoms with Gasteiger partial charge in [-0.15, -0.1) is 0 Å². The molecule has 0 saturated carbocycles. The van der Waals surface area contributed by atoms with E-state index in [9.17, 15) is 23.1 Å². The van der Waals surface area contributed by atoms with Crippen LogP contribution in [0.5, 0.6) is 0 Å². The molecule has 1 aliphatic heterocycles. The molecule has 0 radical (unpaired) electrons. The molecule has 0 spiro atoms. The monoisotopic (exact) mass is 344 g/mol. The molecule has 1 aromatic rings. The van der Waals surface area contributed by atoms with Crippen molar-refractivity contribution in [3.63, 3.8) is 0 Å². The van der Waals surface area contributed by atoms with Gasteiger partial charge in [0, 0.05) is 31.6 Å². The zero-order valence-corrected chi connectivity index (χ0v) is 14.1. The predicted octanol–water partition coefficient (Wildman–Crippen LogP) is 3.91. The topological polar surface area (TPSA) is 52.6 Å². The minimum Gasteiger partial charge on any atom is -0.380 e. The number of nitrogens with zero attached hydrogens (tertiary/aromatic N) is 1. The molecule has 0 bridgehead atoms. The van der Waals surface area contributed by atoms with E-state index in [4.69, 9.17) is 0 Å². The molecule has 0 aliphatic carbocycles. The number of piperidine rings is 1. The van der Waals surface area contributed by atoms with E-state index in [0.29, 0.717) is 5.69 Å². The van der Waals surface area contributed by atoms with Crippen LogP contribution in [0.15, 0.2) is 24.3 Å². The number of likely N-dealkylation sites (tertiary alicyclic amines) is 1. The zero-order valence-electron chi connectivity index (χ0n) is 14.1. The highest BCUT2D eigenvalue weighted by Gasteiger charge is 2.54. The van der Waals surface area contributed by atoms with E-state index in [1.54, 1.807) is 12.1 Å². The van der Waals surface area contributed by atoms with Gasteiger partial charge in [-0.3, -0.25) is 0 Å². The second-order valence-corrected chi connectivity index (χ2v) is 7.27. The van der Waals surface area contributed by atoms with E-state index in [1.165, 1.54) is 4.90 Å². The Hall–Kier alpha value is -1.76. The van der Waals surface area contributed by atoms with Gasteiger partial charge in [-0.05, 0) is 23.1 Å².